The Labute approximate surface area is 188 Å². The van der Waals surface area contributed by atoms with Crippen molar-refractivity contribution in [3.63, 3.8) is 0 Å². The molecule has 0 aliphatic rings. The molecule has 0 N–H and O–H groups in total. The predicted octanol–water partition coefficient (Wildman–Crippen LogP) is 3.52. The molecule has 2 aromatic carbocycles. The Hall–Kier alpha value is -3.02. The molecule has 2 heterocycles. The van der Waals surface area contributed by atoms with Crippen molar-refractivity contribution in [1.29, 1.82) is 0 Å². The fraction of sp³-hybridized carbons (Fsp3) is 0.286. The van der Waals surface area contributed by atoms with Gasteiger partial charge < -0.3 is 9.26 Å². The third kappa shape index (κ3) is 4.06. The first kappa shape index (κ1) is 22.2. The van der Waals surface area contributed by atoms with Crippen LogP contribution in [0, 0.1) is 0 Å². The minimum absolute atomic E-state index is 0.0150. The van der Waals surface area contributed by atoms with Gasteiger partial charge in [0, 0.05) is 18.7 Å². The number of methoxy groups -OCH3 is 1. The molecule has 0 saturated heterocycles. The lowest BCUT2D eigenvalue weighted by molar-refractivity contribution is 0.337. The van der Waals surface area contributed by atoms with E-state index in [2.05, 4.69) is 10.1 Å². The molecular weight excluding hydrogens is 452 g/mol. The molecule has 0 aliphatic carbocycles. The lowest BCUT2D eigenvalue weighted by Gasteiger charge is -2.15. The summed E-state index contributed by atoms with van der Waals surface area (Å²) in [4.78, 5) is 16.5. The van der Waals surface area contributed by atoms with Crippen molar-refractivity contribution in [2.45, 2.75) is 31.3 Å². The second-order valence-electron chi connectivity index (χ2n) is 7.46. The van der Waals surface area contributed by atoms with Gasteiger partial charge in [-0.25, -0.2) is 8.42 Å². The zero-order valence-electron chi connectivity index (χ0n) is 18.0. The maximum absolute atomic E-state index is 13.1. The Kier molecular flexibility index (Phi) is 5.89. The van der Waals surface area contributed by atoms with Crippen LogP contribution in [0.3, 0.4) is 0 Å². The zero-order valence-corrected chi connectivity index (χ0v) is 19.6. The van der Waals surface area contributed by atoms with Crippen LogP contribution >= 0.6 is 11.3 Å². The molecular formula is C21H22N4O5S2. The molecule has 11 heteroatoms. The molecule has 0 atom stereocenters. The van der Waals surface area contributed by atoms with Crippen LogP contribution in [0.5, 0.6) is 5.75 Å². The molecule has 0 aliphatic heterocycles. The Morgan fingerprint density at radius 1 is 1.19 bits per heavy atom. The number of aromatic nitrogens is 3. The standard InChI is InChI=1S/C21H22N4O5S2/c1-13(2)25-17-10-9-16(11-18(17)31-21(25)26)32(27,28)24(3)12-19-22-20(23-30-19)14-5-7-15(29-4)8-6-14/h5-11,13H,12H2,1-4H3. The van der Waals surface area contributed by atoms with Gasteiger partial charge in [0.15, 0.2) is 0 Å². The fourth-order valence-electron chi connectivity index (χ4n) is 3.30. The number of fused-ring (bicyclic) bond motifs is 1. The molecule has 9 nitrogen and oxygen atoms in total. The van der Waals surface area contributed by atoms with Gasteiger partial charge in [-0.1, -0.05) is 16.5 Å². The summed E-state index contributed by atoms with van der Waals surface area (Å²) in [6.07, 6.45) is 0. The van der Waals surface area contributed by atoms with Gasteiger partial charge in [-0.2, -0.15) is 9.29 Å². The summed E-state index contributed by atoms with van der Waals surface area (Å²) in [5.41, 5.74) is 1.44. The van der Waals surface area contributed by atoms with Crippen LogP contribution in [0.2, 0.25) is 0 Å². The first-order chi connectivity index (χ1) is 15.2. The average molecular weight is 475 g/mol. The number of benzene rings is 2. The van der Waals surface area contributed by atoms with Crippen molar-refractivity contribution in [3.05, 3.63) is 58.0 Å². The largest absolute Gasteiger partial charge is 0.497 e. The van der Waals surface area contributed by atoms with E-state index >= 15 is 0 Å². The molecule has 0 saturated carbocycles. The van der Waals surface area contributed by atoms with E-state index < -0.39 is 10.0 Å². The van der Waals surface area contributed by atoms with Crippen LogP contribution in [0.1, 0.15) is 25.8 Å². The normalized spacial score (nSPS) is 12.2. The number of rotatable bonds is 7. The lowest BCUT2D eigenvalue weighted by atomic mass is 10.2. The summed E-state index contributed by atoms with van der Waals surface area (Å²) < 4.78 is 40.0. The minimum atomic E-state index is -3.83. The molecule has 2 aromatic heterocycles. The van der Waals surface area contributed by atoms with E-state index in [9.17, 15) is 13.2 Å². The third-order valence-electron chi connectivity index (χ3n) is 4.98. The molecule has 168 valence electrons. The summed E-state index contributed by atoms with van der Waals surface area (Å²) in [6.45, 7) is 3.74. The smallest absolute Gasteiger partial charge is 0.308 e. The van der Waals surface area contributed by atoms with Gasteiger partial charge in [0.1, 0.15) is 5.75 Å². The SMILES string of the molecule is COc1ccc(-c2noc(CN(C)S(=O)(=O)c3ccc4c(c3)sc(=O)n4C(C)C)n2)cc1. The van der Waals surface area contributed by atoms with E-state index in [-0.39, 0.29) is 28.2 Å². The van der Waals surface area contributed by atoms with Gasteiger partial charge in [-0.15, -0.1) is 0 Å². The Balaban J connectivity index is 1.57. The quantitative estimate of drug-likeness (QED) is 0.403. The number of nitrogens with zero attached hydrogens (tertiary/aromatic N) is 4. The zero-order chi connectivity index (χ0) is 23.0. The van der Waals surface area contributed by atoms with E-state index in [1.165, 1.54) is 19.2 Å². The summed E-state index contributed by atoms with van der Waals surface area (Å²) in [5.74, 6) is 1.22. The second kappa shape index (κ2) is 8.49. The number of sulfonamides is 1. The van der Waals surface area contributed by atoms with Crippen molar-refractivity contribution in [2.24, 2.45) is 0 Å². The van der Waals surface area contributed by atoms with E-state index in [4.69, 9.17) is 9.26 Å². The minimum Gasteiger partial charge on any atom is -0.497 e. The molecule has 4 rings (SSSR count). The van der Waals surface area contributed by atoms with Crippen molar-refractivity contribution < 1.29 is 17.7 Å². The van der Waals surface area contributed by atoms with Crippen LogP contribution in [-0.2, 0) is 16.6 Å². The van der Waals surface area contributed by atoms with Crippen LogP contribution in [0.15, 0.2) is 56.7 Å². The van der Waals surface area contributed by atoms with Crippen LogP contribution in [-0.4, -0.2) is 41.6 Å². The maximum atomic E-state index is 13.1. The summed E-state index contributed by atoms with van der Waals surface area (Å²) in [6, 6.07) is 11.8. The van der Waals surface area contributed by atoms with Gasteiger partial charge in [0.05, 0.1) is 28.8 Å². The highest BCUT2D eigenvalue weighted by Crippen LogP contribution is 2.26. The van der Waals surface area contributed by atoms with E-state index in [1.54, 1.807) is 42.0 Å². The summed E-state index contributed by atoms with van der Waals surface area (Å²) in [7, 11) is -0.810. The fourth-order valence-corrected chi connectivity index (χ4v) is 5.57. The highest BCUT2D eigenvalue weighted by atomic mass is 32.2. The molecule has 32 heavy (non-hydrogen) atoms. The molecule has 0 unspecified atom stereocenters. The van der Waals surface area contributed by atoms with E-state index in [0.717, 1.165) is 26.7 Å². The van der Waals surface area contributed by atoms with Crippen molar-refractivity contribution in [3.8, 4) is 17.1 Å². The van der Waals surface area contributed by atoms with Gasteiger partial charge in [0.2, 0.25) is 21.7 Å². The number of thiazole rings is 1. The lowest BCUT2D eigenvalue weighted by Crippen LogP contribution is -2.26. The molecule has 0 radical (unpaired) electrons. The number of hydrogen-bond acceptors (Lipinski definition) is 8. The Morgan fingerprint density at radius 2 is 1.91 bits per heavy atom. The average Bonchev–Trinajstić information content (AvgIpc) is 3.36. The second-order valence-corrected chi connectivity index (χ2v) is 10.5. The van der Waals surface area contributed by atoms with Gasteiger partial charge in [-0.05, 0) is 56.3 Å². The van der Waals surface area contributed by atoms with Crippen molar-refractivity contribution in [2.75, 3.05) is 14.2 Å². The monoisotopic (exact) mass is 474 g/mol. The maximum Gasteiger partial charge on any atom is 0.308 e. The van der Waals surface area contributed by atoms with Crippen LogP contribution < -0.4 is 9.61 Å². The van der Waals surface area contributed by atoms with Gasteiger partial charge >= 0.3 is 4.87 Å². The highest BCUT2D eigenvalue weighted by Gasteiger charge is 2.24. The van der Waals surface area contributed by atoms with Gasteiger partial charge in [0.25, 0.3) is 0 Å². The topological polar surface area (TPSA) is 108 Å². The number of ether oxygens (including phenoxy) is 1. The predicted molar refractivity (Wildman–Crippen MR) is 121 cm³/mol. The van der Waals surface area contributed by atoms with E-state index in [0.29, 0.717) is 16.3 Å². The first-order valence-corrected chi connectivity index (χ1v) is 12.0. The molecule has 0 fully saturated rings. The van der Waals surface area contributed by atoms with Crippen LogP contribution in [0.25, 0.3) is 21.6 Å². The Morgan fingerprint density at radius 3 is 2.56 bits per heavy atom. The Bertz CT molecular complexity index is 1420. The molecule has 0 bridgehead atoms. The highest BCUT2D eigenvalue weighted by molar-refractivity contribution is 7.89. The molecule has 4 aromatic rings. The number of hydrogen-bond donors (Lipinski definition) is 0. The molecule has 0 amide bonds. The molecule has 0 spiro atoms. The first-order valence-electron chi connectivity index (χ1n) is 9.79. The third-order valence-corrected chi connectivity index (χ3v) is 7.70. The van der Waals surface area contributed by atoms with Crippen molar-refractivity contribution in [1.82, 2.24) is 19.0 Å². The van der Waals surface area contributed by atoms with E-state index in [1.807, 2.05) is 13.8 Å². The van der Waals surface area contributed by atoms with Crippen molar-refractivity contribution >= 4 is 31.6 Å². The van der Waals surface area contributed by atoms with Gasteiger partial charge in [-0.3, -0.25) is 9.36 Å². The summed E-state index contributed by atoms with van der Waals surface area (Å²) >= 11 is 1.03. The summed E-state index contributed by atoms with van der Waals surface area (Å²) in [5, 5.41) is 3.94. The van der Waals surface area contributed by atoms with Crippen LogP contribution in [0.4, 0.5) is 0 Å².